The van der Waals surface area contributed by atoms with Crippen LogP contribution in [-0.4, -0.2) is 0 Å². The molecule has 0 amide bonds. The van der Waals surface area contributed by atoms with Gasteiger partial charge in [0.05, 0.1) is 0 Å². The third kappa shape index (κ3) is 2.87. The van der Waals surface area contributed by atoms with E-state index in [1.54, 1.807) is 6.20 Å². The van der Waals surface area contributed by atoms with Gasteiger partial charge in [0.25, 0.3) is 0 Å². The number of hydrogen-bond donors (Lipinski definition) is 1. The second-order valence-electron chi connectivity index (χ2n) is 4.96. The van der Waals surface area contributed by atoms with E-state index >= 15 is 0 Å². The van der Waals surface area contributed by atoms with E-state index in [4.69, 9.17) is 5.73 Å². The van der Waals surface area contributed by atoms with E-state index in [9.17, 15) is 0 Å². The normalized spacial score (nSPS) is 18.9. The summed E-state index contributed by atoms with van der Waals surface area (Å²) in [6.07, 6.45) is 8.17. The van der Waals surface area contributed by atoms with Crippen molar-refractivity contribution in [2.75, 3.05) is 0 Å². The summed E-state index contributed by atoms with van der Waals surface area (Å²) in [6, 6.07) is 8.59. The lowest BCUT2D eigenvalue weighted by molar-refractivity contribution is 1.19. The topological polar surface area (TPSA) is 26.0 Å². The zero-order valence-corrected chi connectivity index (χ0v) is 11.7. The van der Waals surface area contributed by atoms with Gasteiger partial charge in [-0.3, -0.25) is 0 Å². The van der Waals surface area contributed by atoms with Crippen LogP contribution in [0.3, 0.4) is 0 Å². The van der Waals surface area contributed by atoms with Crippen LogP contribution in [0.4, 0.5) is 0 Å². The van der Waals surface area contributed by atoms with Crippen LogP contribution in [0.5, 0.6) is 0 Å². The molecule has 2 rings (SSSR count). The first-order valence-corrected chi connectivity index (χ1v) is 6.74. The fraction of sp³-hybridized carbons (Fsp3) is 0.222. The molecule has 98 valence electrons. The molecule has 1 aliphatic rings. The quantitative estimate of drug-likeness (QED) is 0.829. The number of hydrogen-bond acceptors (Lipinski definition) is 1. The Bertz CT molecular complexity index is 568. The molecule has 0 atom stereocenters. The van der Waals surface area contributed by atoms with Crippen LogP contribution in [0.2, 0.25) is 0 Å². The molecule has 0 unspecified atom stereocenters. The summed E-state index contributed by atoms with van der Waals surface area (Å²) in [4.78, 5) is 0. The van der Waals surface area contributed by atoms with Crippen molar-refractivity contribution in [1.82, 2.24) is 0 Å². The van der Waals surface area contributed by atoms with Crippen molar-refractivity contribution in [2.45, 2.75) is 26.7 Å². The number of rotatable bonds is 3. The van der Waals surface area contributed by atoms with Gasteiger partial charge in [-0.05, 0) is 47.4 Å². The van der Waals surface area contributed by atoms with Crippen molar-refractivity contribution >= 4 is 11.1 Å². The number of benzene rings is 1. The predicted octanol–water partition coefficient (Wildman–Crippen LogP) is 4.69. The Morgan fingerprint density at radius 2 is 2.00 bits per heavy atom. The molecular weight excluding hydrogens is 230 g/mol. The highest BCUT2D eigenvalue weighted by Gasteiger charge is 2.15. The summed E-state index contributed by atoms with van der Waals surface area (Å²) >= 11 is 0. The molecule has 19 heavy (non-hydrogen) atoms. The van der Waals surface area contributed by atoms with Crippen LogP contribution >= 0.6 is 0 Å². The van der Waals surface area contributed by atoms with Crippen LogP contribution in [-0.2, 0) is 0 Å². The van der Waals surface area contributed by atoms with Crippen molar-refractivity contribution in [3.63, 3.8) is 0 Å². The number of nitrogens with two attached hydrogens (primary N) is 1. The van der Waals surface area contributed by atoms with Crippen LogP contribution < -0.4 is 5.73 Å². The van der Waals surface area contributed by atoms with E-state index in [0.29, 0.717) is 0 Å². The summed E-state index contributed by atoms with van der Waals surface area (Å²) in [5.74, 6) is 0. The van der Waals surface area contributed by atoms with Gasteiger partial charge in [-0.15, -0.1) is 0 Å². The van der Waals surface area contributed by atoms with Gasteiger partial charge in [0.1, 0.15) is 0 Å². The smallest absolute Gasteiger partial charge is 0.0000428 e. The standard InChI is InChI=1S/C18H21N/c1-4-5-16-10-17(11-18(16)12-19)15-8-6-14(7-9-15)13(2)3/h5-10,12H,2,4,11,19H2,1,3H3/b16-5-,18-12-. The Hall–Kier alpha value is -2.02. The summed E-state index contributed by atoms with van der Waals surface area (Å²) in [6.45, 7) is 8.14. The molecule has 1 aromatic rings. The molecule has 0 saturated carbocycles. The van der Waals surface area contributed by atoms with Gasteiger partial charge < -0.3 is 5.73 Å². The molecule has 1 aliphatic carbocycles. The molecule has 0 fully saturated rings. The van der Waals surface area contributed by atoms with Gasteiger partial charge >= 0.3 is 0 Å². The summed E-state index contributed by atoms with van der Waals surface area (Å²) in [5.41, 5.74) is 13.1. The second kappa shape index (κ2) is 5.75. The first kappa shape index (κ1) is 13.4. The minimum absolute atomic E-state index is 0.925. The van der Waals surface area contributed by atoms with E-state index in [0.717, 1.165) is 18.4 Å². The lowest BCUT2D eigenvalue weighted by Crippen LogP contribution is -1.88. The minimum atomic E-state index is 0.925. The summed E-state index contributed by atoms with van der Waals surface area (Å²) in [7, 11) is 0. The maximum atomic E-state index is 5.71. The van der Waals surface area contributed by atoms with Crippen molar-refractivity contribution in [2.24, 2.45) is 5.73 Å². The maximum Gasteiger partial charge on any atom is 0.0000428 e. The highest BCUT2D eigenvalue weighted by atomic mass is 14.5. The van der Waals surface area contributed by atoms with E-state index in [1.165, 1.54) is 27.8 Å². The monoisotopic (exact) mass is 251 g/mol. The van der Waals surface area contributed by atoms with Crippen LogP contribution in [0.1, 0.15) is 37.8 Å². The van der Waals surface area contributed by atoms with Crippen LogP contribution in [0.15, 0.2) is 60.3 Å². The molecule has 0 spiro atoms. The first-order chi connectivity index (χ1) is 9.15. The molecule has 0 aromatic heterocycles. The highest BCUT2D eigenvalue weighted by Crippen LogP contribution is 2.35. The molecule has 0 aliphatic heterocycles. The largest absolute Gasteiger partial charge is 0.404 e. The van der Waals surface area contributed by atoms with Gasteiger partial charge in [0.2, 0.25) is 0 Å². The van der Waals surface area contributed by atoms with Gasteiger partial charge in [-0.1, -0.05) is 55.5 Å². The minimum Gasteiger partial charge on any atom is -0.404 e. The van der Waals surface area contributed by atoms with Gasteiger partial charge in [0.15, 0.2) is 0 Å². The van der Waals surface area contributed by atoms with E-state index < -0.39 is 0 Å². The Morgan fingerprint density at radius 3 is 2.53 bits per heavy atom. The second-order valence-corrected chi connectivity index (χ2v) is 4.96. The van der Waals surface area contributed by atoms with Crippen molar-refractivity contribution in [3.05, 3.63) is 71.5 Å². The molecule has 1 aromatic carbocycles. The van der Waals surface area contributed by atoms with Crippen molar-refractivity contribution in [1.29, 1.82) is 0 Å². The lowest BCUT2D eigenvalue weighted by Gasteiger charge is -2.04. The molecule has 1 heteroatoms. The average molecular weight is 251 g/mol. The fourth-order valence-corrected chi connectivity index (χ4v) is 2.36. The highest BCUT2D eigenvalue weighted by molar-refractivity contribution is 5.78. The van der Waals surface area contributed by atoms with Gasteiger partial charge in [-0.25, -0.2) is 0 Å². The van der Waals surface area contributed by atoms with Crippen LogP contribution in [0.25, 0.3) is 11.1 Å². The Morgan fingerprint density at radius 1 is 1.32 bits per heavy atom. The molecule has 0 radical (unpaired) electrons. The molecule has 0 bridgehead atoms. The zero-order chi connectivity index (χ0) is 13.8. The Labute approximate surface area is 115 Å². The molecule has 2 N–H and O–H groups in total. The molecule has 0 heterocycles. The van der Waals surface area contributed by atoms with Gasteiger partial charge in [0, 0.05) is 6.42 Å². The van der Waals surface area contributed by atoms with E-state index in [2.05, 4.69) is 49.9 Å². The molecule has 0 saturated heterocycles. The lowest BCUT2D eigenvalue weighted by atomic mass is 10.0. The number of allylic oxidation sites excluding steroid dienone is 6. The van der Waals surface area contributed by atoms with Crippen LogP contribution in [0, 0.1) is 0 Å². The van der Waals surface area contributed by atoms with Crippen molar-refractivity contribution < 1.29 is 0 Å². The average Bonchev–Trinajstić information content (AvgIpc) is 2.82. The summed E-state index contributed by atoms with van der Waals surface area (Å²) < 4.78 is 0. The fourth-order valence-electron chi connectivity index (χ4n) is 2.36. The van der Waals surface area contributed by atoms with Crippen molar-refractivity contribution in [3.8, 4) is 0 Å². The maximum absolute atomic E-state index is 5.71. The Kier molecular flexibility index (Phi) is 4.06. The van der Waals surface area contributed by atoms with E-state index in [-0.39, 0.29) is 0 Å². The van der Waals surface area contributed by atoms with Gasteiger partial charge in [-0.2, -0.15) is 0 Å². The third-order valence-corrected chi connectivity index (χ3v) is 3.46. The molecule has 1 nitrogen and oxygen atoms in total. The Balaban J connectivity index is 2.30. The van der Waals surface area contributed by atoms with E-state index in [1.807, 2.05) is 6.92 Å². The third-order valence-electron chi connectivity index (χ3n) is 3.46. The summed E-state index contributed by atoms with van der Waals surface area (Å²) in [5, 5.41) is 0. The zero-order valence-electron chi connectivity index (χ0n) is 11.7. The molecular formula is C18H21N. The SMILES string of the molecule is C=C(C)c1ccc(C2=CC(=C/CC)/C(=C\N)C2)cc1. The predicted molar refractivity (Wildman–Crippen MR) is 84.4 cm³/mol. The first-order valence-electron chi connectivity index (χ1n) is 6.74.